The molecule has 0 fully saturated rings. The number of para-hydroxylation sites is 1. The van der Waals surface area contributed by atoms with Gasteiger partial charge >= 0.3 is 0 Å². The lowest BCUT2D eigenvalue weighted by molar-refractivity contribution is 0.660. The molecule has 1 aromatic heterocycles. The quantitative estimate of drug-likeness (QED) is 0.173. The Morgan fingerprint density at radius 2 is 1.10 bits per heavy atom. The van der Waals surface area contributed by atoms with E-state index in [0.29, 0.717) is 0 Å². The van der Waals surface area contributed by atoms with Gasteiger partial charge in [0.25, 0.3) is 0 Å². The van der Waals surface area contributed by atoms with Crippen molar-refractivity contribution >= 4 is 70.1 Å². The van der Waals surface area contributed by atoms with Gasteiger partial charge in [-0.25, -0.2) is 0 Å². The van der Waals surface area contributed by atoms with Crippen molar-refractivity contribution in [2.75, 3.05) is 4.90 Å². The number of nitrogens with zero attached hydrogens (tertiary/aromatic N) is 1. The van der Waals surface area contributed by atoms with Crippen LogP contribution in [0.25, 0.3) is 64.0 Å². The Balaban J connectivity index is 1.06. The minimum absolute atomic E-state index is 0.0577. The molecular weight excluding hydrogens is 611 g/mol. The molecule has 0 unspecified atom stereocenters. The first-order chi connectivity index (χ1) is 24.0. The summed E-state index contributed by atoms with van der Waals surface area (Å²) in [4.78, 5) is 2.38. The zero-order chi connectivity index (χ0) is 32.7. The highest BCUT2D eigenvalue weighted by Crippen LogP contribution is 2.50. The second-order valence-corrected chi connectivity index (χ2v) is 14.8. The molecule has 0 spiro atoms. The lowest BCUT2D eigenvalue weighted by Gasteiger charge is -2.28. The van der Waals surface area contributed by atoms with Crippen molar-refractivity contribution in [2.45, 2.75) is 19.3 Å². The van der Waals surface area contributed by atoms with Crippen LogP contribution in [-0.2, 0) is 5.41 Å². The van der Waals surface area contributed by atoms with Crippen LogP contribution in [0.15, 0.2) is 164 Å². The van der Waals surface area contributed by atoms with Crippen LogP contribution in [0.5, 0.6) is 0 Å². The Bertz CT molecular complexity index is 2730. The summed E-state index contributed by atoms with van der Waals surface area (Å²) in [5.74, 6) is 0. The molecule has 0 amide bonds. The zero-order valence-electron chi connectivity index (χ0n) is 27.4. The van der Waals surface area contributed by atoms with Crippen molar-refractivity contribution in [3.63, 3.8) is 0 Å². The standard InChI is InChI=1S/C47H33NS/c1-47(2)41-14-8-6-12-38(41)39-26-24-36(29-42(39)47)48(34-10-4-3-5-11-34)35-22-18-30(19-23-35)32-20-25-37-33(28-32)17-16-31-21-27-44-46(45(31)37)40-13-7-9-15-43(40)49-44/h3-29H,1-2H3. The molecule has 9 aromatic rings. The molecule has 0 saturated carbocycles. The molecule has 0 N–H and O–H groups in total. The number of hydrogen-bond donors (Lipinski definition) is 0. The average molecular weight is 644 g/mol. The van der Waals surface area contributed by atoms with E-state index >= 15 is 0 Å². The van der Waals surface area contributed by atoms with Crippen LogP contribution in [-0.4, -0.2) is 0 Å². The zero-order valence-corrected chi connectivity index (χ0v) is 28.3. The molecule has 1 aliphatic carbocycles. The highest BCUT2D eigenvalue weighted by atomic mass is 32.1. The van der Waals surface area contributed by atoms with Crippen LogP contribution in [0, 0.1) is 0 Å². The van der Waals surface area contributed by atoms with Gasteiger partial charge < -0.3 is 4.90 Å². The third-order valence-corrected chi connectivity index (χ3v) is 11.8. The van der Waals surface area contributed by atoms with Gasteiger partial charge in [-0.15, -0.1) is 11.3 Å². The third-order valence-electron chi connectivity index (χ3n) is 10.6. The SMILES string of the molecule is CC1(C)c2ccccc2-c2ccc(N(c3ccccc3)c3ccc(-c4ccc5c(ccc6ccc7sc8ccccc8c7c65)c4)cc3)cc21. The molecule has 0 aliphatic heterocycles. The van der Waals surface area contributed by atoms with Gasteiger partial charge in [0.1, 0.15) is 0 Å². The van der Waals surface area contributed by atoms with Crippen LogP contribution in [0.2, 0.25) is 0 Å². The summed E-state index contributed by atoms with van der Waals surface area (Å²) in [5, 5.41) is 7.95. The molecule has 2 heteroatoms. The lowest BCUT2D eigenvalue weighted by atomic mass is 9.82. The van der Waals surface area contributed by atoms with Gasteiger partial charge in [-0.1, -0.05) is 123 Å². The van der Waals surface area contributed by atoms with E-state index in [9.17, 15) is 0 Å². The van der Waals surface area contributed by atoms with Gasteiger partial charge in [0, 0.05) is 42.6 Å². The molecule has 1 aliphatic rings. The van der Waals surface area contributed by atoms with Gasteiger partial charge in [-0.05, 0) is 110 Å². The maximum absolute atomic E-state index is 2.40. The van der Waals surface area contributed by atoms with Crippen molar-refractivity contribution in [1.82, 2.24) is 0 Å². The summed E-state index contributed by atoms with van der Waals surface area (Å²) in [6, 6.07) is 60.5. The van der Waals surface area contributed by atoms with Crippen LogP contribution < -0.4 is 4.90 Å². The summed E-state index contributed by atoms with van der Waals surface area (Å²) in [6.07, 6.45) is 0. The van der Waals surface area contributed by atoms with Crippen molar-refractivity contribution < 1.29 is 0 Å². The van der Waals surface area contributed by atoms with Gasteiger partial charge in [-0.2, -0.15) is 0 Å². The molecule has 1 nitrogen and oxygen atoms in total. The Labute approximate surface area is 290 Å². The van der Waals surface area contributed by atoms with E-state index in [0.717, 1.165) is 11.4 Å². The van der Waals surface area contributed by atoms with E-state index in [-0.39, 0.29) is 5.41 Å². The number of thiophene rings is 1. The topological polar surface area (TPSA) is 3.24 Å². The van der Waals surface area contributed by atoms with Crippen LogP contribution in [0.3, 0.4) is 0 Å². The number of fused-ring (bicyclic) bond motifs is 10. The summed E-state index contributed by atoms with van der Waals surface area (Å²) in [7, 11) is 0. The van der Waals surface area contributed by atoms with Crippen LogP contribution in [0.1, 0.15) is 25.0 Å². The van der Waals surface area contributed by atoms with E-state index in [1.807, 2.05) is 11.3 Å². The first-order valence-electron chi connectivity index (χ1n) is 17.0. The molecule has 49 heavy (non-hydrogen) atoms. The fourth-order valence-electron chi connectivity index (χ4n) is 8.21. The average Bonchev–Trinajstić information content (AvgIpc) is 3.64. The molecule has 232 valence electrons. The summed E-state index contributed by atoms with van der Waals surface area (Å²) in [5.41, 5.74) is 11.3. The minimum Gasteiger partial charge on any atom is -0.310 e. The highest BCUT2D eigenvalue weighted by Gasteiger charge is 2.35. The molecule has 0 atom stereocenters. The maximum Gasteiger partial charge on any atom is 0.0465 e. The molecule has 0 radical (unpaired) electrons. The molecule has 0 saturated heterocycles. The van der Waals surface area contributed by atoms with Gasteiger partial charge in [0.2, 0.25) is 0 Å². The molecule has 1 heterocycles. The number of hydrogen-bond acceptors (Lipinski definition) is 2. The molecule has 10 rings (SSSR count). The maximum atomic E-state index is 2.40. The second kappa shape index (κ2) is 10.7. The minimum atomic E-state index is -0.0577. The first kappa shape index (κ1) is 28.3. The smallest absolute Gasteiger partial charge is 0.0465 e. The van der Waals surface area contributed by atoms with Crippen molar-refractivity contribution in [1.29, 1.82) is 0 Å². The summed E-state index contributed by atoms with van der Waals surface area (Å²) < 4.78 is 2.69. The monoisotopic (exact) mass is 643 g/mol. The highest BCUT2D eigenvalue weighted by molar-refractivity contribution is 7.26. The van der Waals surface area contributed by atoms with E-state index in [1.54, 1.807) is 0 Å². The predicted molar refractivity (Wildman–Crippen MR) is 212 cm³/mol. The van der Waals surface area contributed by atoms with Crippen LogP contribution >= 0.6 is 11.3 Å². The summed E-state index contributed by atoms with van der Waals surface area (Å²) >= 11 is 1.88. The van der Waals surface area contributed by atoms with Gasteiger partial charge in [0.15, 0.2) is 0 Å². The van der Waals surface area contributed by atoms with Gasteiger partial charge in [0.05, 0.1) is 0 Å². The van der Waals surface area contributed by atoms with Crippen molar-refractivity contribution in [3.05, 3.63) is 175 Å². The van der Waals surface area contributed by atoms with E-state index in [2.05, 4.69) is 183 Å². The normalized spacial score (nSPS) is 13.3. The van der Waals surface area contributed by atoms with Crippen LogP contribution in [0.4, 0.5) is 17.1 Å². The second-order valence-electron chi connectivity index (χ2n) is 13.8. The molecular formula is C47H33NS. The number of benzene rings is 8. The first-order valence-corrected chi connectivity index (χ1v) is 17.8. The Hall–Kier alpha value is -5.70. The fourth-order valence-corrected chi connectivity index (χ4v) is 9.32. The molecule has 8 aromatic carbocycles. The summed E-state index contributed by atoms with van der Waals surface area (Å²) in [6.45, 7) is 4.70. The largest absolute Gasteiger partial charge is 0.310 e. The van der Waals surface area contributed by atoms with Gasteiger partial charge in [-0.3, -0.25) is 0 Å². The Morgan fingerprint density at radius 1 is 0.429 bits per heavy atom. The third kappa shape index (κ3) is 4.31. The fraction of sp³-hybridized carbons (Fsp3) is 0.0638. The Kier molecular flexibility index (Phi) is 6.16. The number of rotatable bonds is 4. The molecule has 0 bridgehead atoms. The lowest BCUT2D eigenvalue weighted by Crippen LogP contribution is -2.16. The predicted octanol–water partition coefficient (Wildman–Crippen LogP) is 13.8. The van der Waals surface area contributed by atoms with E-state index < -0.39 is 0 Å². The van der Waals surface area contributed by atoms with Crippen molar-refractivity contribution in [3.8, 4) is 22.3 Å². The number of anilines is 3. The van der Waals surface area contributed by atoms with E-state index in [4.69, 9.17) is 0 Å². The van der Waals surface area contributed by atoms with E-state index in [1.165, 1.54) is 80.8 Å². The Morgan fingerprint density at radius 3 is 1.98 bits per heavy atom. The van der Waals surface area contributed by atoms with Crippen molar-refractivity contribution in [2.24, 2.45) is 0 Å².